The number of fused-ring (bicyclic) bond motifs is 2. The molecule has 1 fully saturated rings. The highest BCUT2D eigenvalue weighted by Gasteiger charge is 2.30. The molecule has 2 aromatic heterocycles. The smallest absolute Gasteiger partial charge is 0.272 e. The van der Waals surface area contributed by atoms with Gasteiger partial charge in [-0.2, -0.15) is 15.5 Å². The summed E-state index contributed by atoms with van der Waals surface area (Å²) in [4.78, 5) is 12.3. The molecule has 5 aromatic rings. The summed E-state index contributed by atoms with van der Waals surface area (Å²) in [5, 5.41) is 24.7. The Hall–Kier alpha value is -4.19. The van der Waals surface area contributed by atoms with Gasteiger partial charge in [0.2, 0.25) is 0 Å². The van der Waals surface area contributed by atoms with Crippen molar-refractivity contribution in [1.82, 2.24) is 20.0 Å². The molecule has 3 N–H and O–H groups in total. The van der Waals surface area contributed by atoms with Crippen LogP contribution in [0.25, 0.3) is 43.9 Å². The molecule has 3 aromatic carbocycles. The molecule has 0 saturated heterocycles. The number of nitrogens with zero attached hydrogens (tertiary/aromatic N) is 4. The Kier molecular flexibility index (Phi) is 5.25. The van der Waals surface area contributed by atoms with E-state index in [1.165, 1.54) is 0 Å². The molecule has 1 aliphatic carbocycles. The van der Waals surface area contributed by atoms with Gasteiger partial charge in [0.15, 0.2) is 0 Å². The summed E-state index contributed by atoms with van der Waals surface area (Å²) in [5.74, 6) is 0.543. The molecule has 1 saturated carbocycles. The van der Waals surface area contributed by atoms with Crippen molar-refractivity contribution < 1.29 is 4.74 Å². The zero-order valence-electron chi connectivity index (χ0n) is 19.4. The fourth-order valence-corrected chi connectivity index (χ4v) is 5.01. The summed E-state index contributed by atoms with van der Waals surface area (Å²) in [6.45, 7) is 0.174. The van der Waals surface area contributed by atoms with E-state index in [0.717, 1.165) is 34.7 Å². The van der Waals surface area contributed by atoms with Crippen LogP contribution in [0.3, 0.4) is 0 Å². The number of ether oxygens (including phenoxy) is 1. The third-order valence-corrected chi connectivity index (χ3v) is 6.97. The summed E-state index contributed by atoms with van der Waals surface area (Å²) in [6.07, 6.45) is 3.75. The first-order valence-electron chi connectivity index (χ1n) is 11.6. The van der Waals surface area contributed by atoms with Crippen LogP contribution in [-0.2, 0) is 13.6 Å². The normalized spacial score (nSPS) is 13.3. The molecule has 0 unspecified atom stereocenters. The number of nitrogens with one attached hydrogen (secondary N) is 1. The molecule has 8 nitrogen and oxygen atoms in total. The van der Waals surface area contributed by atoms with Crippen LogP contribution < -0.4 is 16.0 Å². The fourth-order valence-electron chi connectivity index (χ4n) is 4.66. The highest BCUT2D eigenvalue weighted by atomic mass is 35.5. The second-order valence-corrected chi connectivity index (χ2v) is 9.24. The average Bonchev–Trinajstić information content (AvgIpc) is 3.65. The van der Waals surface area contributed by atoms with Crippen molar-refractivity contribution in [3.05, 3.63) is 75.3 Å². The van der Waals surface area contributed by atoms with Gasteiger partial charge in [-0.05, 0) is 30.5 Å². The number of aryl methyl sites for hydroxylation is 1. The molecule has 2 heterocycles. The van der Waals surface area contributed by atoms with E-state index < -0.39 is 0 Å². The van der Waals surface area contributed by atoms with Crippen molar-refractivity contribution >= 4 is 33.1 Å². The van der Waals surface area contributed by atoms with E-state index >= 15 is 0 Å². The number of halogens is 1. The number of rotatable bonds is 5. The fraction of sp³-hybridized carbons (Fsp3) is 0.185. The molecule has 9 heteroatoms. The lowest BCUT2D eigenvalue weighted by Crippen LogP contribution is -2.13. The van der Waals surface area contributed by atoms with E-state index in [9.17, 15) is 10.1 Å². The molecule has 36 heavy (non-hydrogen) atoms. The van der Waals surface area contributed by atoms with Gasteiger partial charge in [-0.15, -0.1) is 0 Å². The van der Waals surface area contributed by atoms with Crippen LogP contribution in [0.1, 0.15) is 24.1 Å². The summed E-state index contributed by atoms with van der Waals surface area (Å²) < 4.78 is 7.98. The van der Waals surface area contributed by atoms with Crippen LogP contribution >= 0.6 is 11.6 Å². The standard InChI is InChI=1S/C27H21ClN6O2/c1-34-25(21(13-31-34)14-6-9-18-19(10-14)22(12-30)32-33-27(18)35)23-20(11-29)26(36-15-7-8-15)17-5-3-2-4-16(17)24(23)28/h2-6,9-10,13,15H,7-8,12,30H2,1H3,(H,33,35). The molecule has 6 rings (SSSR count). The van der Waals surface area contributed by atoms with Gasteiger partial charge in [0.05, 0.1) is 34.1 Å². The Morgan fingerprint density at radius 3 is 2.69 bits per heavy atom. The first-order valence-corrected chi connectivity index (χ1v) is 11.9. The number of benzene rings is 3. The molecule has 0 amide bonds. The van der Waals surface area contributed by atoms with Gasteiger partial charge in [-0.1, -0.05) is 41.9 Å². The predicted molar refractivity (Wildman–Crippen MR) is 139 cm³/mol. The minimum absolute atomic E-state index is 0.0984. The van der Waals surface area contributed by atoms with Crippen LogP contribution in [-0.4, -0.2) is 26.1 Å². The third-order valence-electron chi connectivity index (χ3n) is 6.57. The minimum Gasteiger partial charge on any atom is -0.488 e. The van der Waals surface area contributed by atoms with Crippen molar-refractivity contribution in [2.45, 2.75) is 25.5 Å². The van der Waals surface area contributed by atoms with Gasteiger partial charge >= 0.3 is 0 Å². The average molecular weight is 497 g/mol. The zero-order chi connectivity index (χ0) is 25.0. The van der Waals surface area contributed by atoms with Gasteiger partial charge < -0.3 is 10.5 Å². The topological polar surface area (TPSA) is 123 Å². The molecule has 0 bridgehead atoms. The molecule has 1 aliphatic rings. The van der Waals surface area contributed by atoms with E-state index in [2.05, 4.69) is 21.4 Å². The Balaban J connectivity index is 1.65. The Morgan fingerprint density at radius 1 is 1.19 bits per heavy atom. The van der Waals surface area contributed by atoms with Crippen molar-refractivity contribution in [2.24, 2.45) is 12.8 Å². The number of hydrogen-bond acceptors (Lipinski definition) is 6. The van der Waals surface area contributed by atoms with E-state index in [1.54, 1.807) is 16.9 Å². The number of aromatic nitrogens is 4. The highest BCUT2D eigenvalue weighted by Crippen LogP contribution is 2.47. The van der Waals surface area contributed by atoms with E-state index in [-0.39, 0.29) is 18.2 Å². The van der Waals surface area contributed by atoms with Gasteiger partial charge in [0.1, 0.15) is 17.4 Å². The van der Waals surface area contributed by atoms with E-state index in [4.69, 9.17) is 22.1 Å². The Morgan fingerprint density at radius 2 is 1.97 bits per heavy atom. The minimum atomic E-state index is -0.286. The van der Waals surface area contributed by atoms with Gasteiger partial charge in [-0.25, -0.2) is 5.10 Å². The quantitative estimate of drug-likeness (QED) is 0.364. The van der Waals surface area contributed by atoms with Gasteiger partial charge in [0, 0.05) is 40.9 Å². The van der Waals surface area contributed by atoms with Crippen LogP contribution in [0, 0.1) is 11.3 Å². The first-order chi connectivity index (χ1) is 17.5. The second kappa shape index (κ2) is 8.48. The lowest BCUT2D eigenvalue weighted by molar-refractivity contribution is 0.306. The largest absolute Gasteiger partial charge is 0.488 e. The van der Waals surface area contributed by atoms with Crippen molar-refractivity contribution in [3.8, 4) is 34.2 Å². The molecular formula is C27H21ClN6O2. The molecule has 0 aliphatic heterocycles. The highest BCUT2D eigenvalue weighted by molar-refractivity contribution is 6.39. The number of nitrogens with two attached hydrogens (primary N) is 1. The van der Waals surface area contributed by atoms with Gasteiger partial charge in [-0.3, -0.25) is 9.48 Å². The maximum Gasteiger partial charge on any atom is 0.272 e. The molecular weight excluding hydrogens is 476 g/mol. The molecule has 178 valence electrons. The van der Waals surface area contributed by atoms with Crippen molar-refractivity contribution in [2.75, 3.05) is 0 Å². The lowest BCUT2D eigenvalue weighted by atomic mass is 9.93. The van der Waals surface area contributed by atoms with E-state index in [1.807, 2.05) is 43.4 Å². The third kappa shape index (κ3) is 3.44. The first kappa shape index (κ1) is 22.3. The predicted octanol–water partition coefficient (Wildman–Crippen LogP) is 4.67. The summed E-state index contributed by atoms with van der Waals surface area (Å²) >= 11 is 7.02. The number of nitriles is 1. The SMILES string of the molecule is Cn1ncc(-c2ccc3c(=O)[nH]nc(CN)c3c2)c1-c1c(C#N)c(OC2CC2)c2ccccc2c1Cl. The van der Waals surface area contributed by atoms with Crippen LogP contribution in [0.15, 0.2) is 53.5 Å². The molecule has 0 spiro atoms. The van der Waals surface area contributed by atoms with Crippen molar-refractivity contribution in [3.63, 3.8) is 0 Å². The Bertz CT molecular complexity index is 1780. The monoisotopic (exact) mass is 496 g/mol. The maximum atomic E-state index is 12.3. The lowest BCUT2D eigenvalue weighted by Gasteiger charge is -2.18. The summed E-state index contributed by atoms with van der Waals surface area (Å²) in [7, 11) is 1.81. The van der Waals surface area contributed by atoms with Crippen molar-refractivity contribution in [1.29, 1.82) is 5.26 Å². The van der Waals surface area contributed by atoms with Gasteiger partial charge in [0.25, 0.3) is 5.56 Å². The summed E-state index contributed by atoms with van der Waals surface area (Å²) in [6, 6.07) is 15.5. The number of aromatic amines is 1. The van der Waals surface area contributed by atoms with Crippen LogP contribution in [0.4, 0.5) is 0 Å². The van der Waals surface area contributed by atoms with Crippen LogP contribution in [0.2, 0.25) is 5.02 Å². The Labute approximate surface area is 210 Å². The zero-order valence-corrected chi connectivity index (χ0v) is 20.1. The van der Waals surface area contributed by atoms with Crippen LogP contribution in [0.5, 0.6) is 5.75 Å². The number of H-pyrrole nitrogens is 1. The summed E-state index contributed by atoms with van der Waals surface area (Å²) in [5.41, 5.74) is 9.34. The second-order valence-electron chi connectivity index (χ2n) is 8.86. The maximum absolute atomic E-state index is 12.3. The molecule has 0 atom stereocenters. The number of hydrogen-bond donors (Lipinski definition) is 2. The van der Waals surface area contributed by atoms with E-state index in [0.29, 0.717) is 44.1 Å². The molecule has 0 radical (unpaired) electrons.